The number of aryl methyl sites for hydroxylation is 1. The molecule has 1 fully saturated rings. The Bertz CT molecular complexity index is 1040. The molecule has 2 N–H and O–H groups in total. The number of benzene rings is 2. The first-order valence-electron chi connectivity index (χ1n) is 12.3. The summed E-state index contributed by atoms with van der Waals surface area (Å²) >= 11 is 5.28. The zero-order valence-electron chi connectivity index (χ0n) is 20.7. The summed E-state index contributed by atoms with van der Waals surface area (Å²) in [7, 11) is 2.04. The van der Waals surface area contributed by atoms with Gasteiger partial charge in [-0.15, -0.1) is 0 Å². The van der Waals surface area contributed by atoms with Crippen LogP contribution in [-0.2, 0) is 20.7 Å². The van der Waals surface area contributed by atoms with Gasteiger partial charge in [0.15, 0.2) is 5.11 Å². The maximum atomic E-state index is 13.0. The Balaban J connectivity index is 1.35. The summed E-state index contributed by atoms with van der Waals surface area (Å²) in [4.78, 5) is 41.2. The average molecular weight is 511 g/mol. The van der Waals surface area contributed by atoms with E-state index in [4.69, 9.17) is 17.0 Å². The average Bonchev–Trinajstić information content (AvgIpc) is 2.87. The quantitative estimate of drug-likeness (QED) is 0.288. The van der Waals surface area contributed by atoms with E-state index in [1.54, 1.807) is 24.3 Å². The first kappa shape index (κ1) is 27.3. The lowest BCUT2D eigenvalue weighted by atomic mass is 10.1. The number of piperazine rings is 1. The van der Waals surface area contributed by atoms with E-state index < -0.39 is 0 Å². The van der Waals surface area contributed by atoms with Crippen molar-refractivity contribution in [3.8, 4) is 0 Å². The van der Waals surface area contributed by atoms with Crippen molar-refractivity contribution in [3.05, 3.63) is 65.7 Å². The Labute approximate surface area is 218 Å². The van der Waals surface area contributed by atoms with Crippen molar-refractivity contribution >= 4 is 40.8 Å². The van der Waals surface area contributed by atoms with Gasteiger partial charge in [0, 0.05) is 39.0 Å². The summed E-state index contributed by atoms with van der Waals surface area (Å²) in [5.41, 5.74) is 2.26. The second kappa shape index (κ2) is 14.3. The molecule has 2 aromatic carbocycles. The summed E-state index contributed by atoms with van der Waals surface area (Å²) < 4.78 is 5.25. The molecule has 0 atom stereocenters. The minimum atomic E-state index is -0.312. The van der Waals surface area contributed by atoms with E-state index in [1.807, 2.05) is 42.3 Å². The number of para-hydroxylation sites is 1. The molecular formula is C27H34N4O4S. The van der Waals surface area contributed by atoms with Crippen LogP contribution in [0.1, 0.15) is 41.6 Å². The maximum absolute atomic E-state index is 13.0. The minimum absolute atomic E-state index is 0.0670. The topological polar surface area (TPSA) is 91.0 Å². The predicted octanol–water partition coefficient (Wildman–Crippen LogP) is 3.23. The molecule has 1 saturated heterocycles. The normalized spacial score (nSPS) is 13.6. The molecule has 1 heterocycles. The molecule has 0 unspecified atom stereocenters. The lowest BCUT2D eigenvalue weighted by Gasteiger charge is -2.32. The third-order valence-electron chi connectivity index (χ3n) is 5.95. The number of thiocarbonyl (C=S) groups is 1. The Morgan fingerprint density at radius 2 is 1.61 bits per heavy atom. The largest absolute Gasteiger partial charge is 0.466 e. The van der Waals surface area contributed by atoms with Crippen LogP contribution in [0.25, 0.3) is 0 Å². The highest BCUT2D eigenvalue weighted by atomic mass is 32.1. The number of hydrogen-bond acceptors (Lipinski definition) is 6. The van der Waals surface area contributed by atoms with Crippen molar-refractivity contribution < 1.29 is 19.1 Å². The van der Waals surface area contributed by atoms with Crippen LogP contribution < -0.4 is 10.6 Å². The van der Waals surface area contributed by atoms with Crippen molar-refractivity contribution in [2.75, 3.05) is 45.2 Å². The fourth-order valence-electron chi connectivity index (χ4n) is 3.87. The van der Waals surface area contributed by atoms with E-state index in [9.17, 15) is 14.4 Å². The summed E-state index contributed by atoms with van der Waals surface area (Å²) in [6.45, 7) is 3.36. The first-order valence-corrected chi connectivity index (χ1v) is 12.7. The third-order valence-corrected chi connectivity index (χ3v) is 6.15. The number of amides is 2. The molecular weight excluding hydrogens is 476 g/mol. The van der Waals surface area contributed by atoms with Crippen molar-refractivity contribution in [2.45, 2.75) is 32.1 Å². The molecule has 1 aliphatic heterocycles. The van der Waals surface area contributed by atoms with E-state index in [-0.39, 0.29) is 35.7 Å². The Hall–Kier alpha value is -3.30. The van der Waals surface area contributed by atoms with Gasteiger partial charge in [0.1, 0.15) is 0 Å². The highest BCUT2D eigenvalue weighted by molar-refractivity contribution is 7.80. The standard InChI is InChI=1S/C27H34N4O4S/c1-30-16-18-31(19-17-30)26(34)22-12-5-6-13-23(22)28-27(36)29-24(32)14-7-15-25(33)35-20-8-11-21-9-3-2-4-10-21/h2-6,9-10,12-13H,7-8,11,14-20H2,1H3,(H2,28,29,32,36). The molecule has 0 radical (unpaired) electrons. The number of anilines is 1. The van der Waals surface area contributed by atoms with Crippen LogP contribution in [0.4, 0.5) is 5.69 Å². The molecule has 0 spiro atoms. The fraction of sp³-hybridized carbons (Fsp3) is 0.407. The molecule has 1 aliphatic rings. The van der Waals surface area contributed by atoms with Crippen LogP contribution in [0, 0.1) is 0 Å². The number of nitrogens with one attached hydrogen (secondary N) is 2. The highest BCUT2D eigenvalue weighted by Crippen LogP contribution is 2.18. The maximum Gasteiger partial charge on any atom is 0.305 e. The number of rotatable bonds is 10. The highest BCUT2D eigenvalue weighted by Gasteiger charge is 2.22. The number of ether oxygens (including phenoxy) is 1. The minimum Gasteiger partial charge on any atom is -0.466 e. The van der Waals surface area contributed by atoms with Gasteiger partial charge >= 0.3 is 5.97 Å². The van der Waals surface area contributed by atoms with Crippen molar-refractivity contribution in [1.29, 1.82) is 0 Å². The van der Waals surface area contributed by atoms with Crippen LogP contribution >= 0.6 is 12.2 Å². The van der Waals surface area contributed by atoms with Crippen molar-refractivity contribution in [3.63, 3.8) is 0 Å². The van der Waals surface area contributed by atoms with Gasteiger partial charge in [0.2, 0.25) is 5.91 Å². The van der Waals surface area contributed by atoms with E-state index in [2.05, 4.69) is 15.5 Å². The number of carbonyl (C=O) groups is 3. The van der Waals surface area contributed by atoms with E-state index in [0.717, 1.165) is 25.9 Å². The van der Waals surface area contributed by atoms with E-state index in [0.29, 0.717) is 37.4 Å². The molecule has 9 heteroatoms. The molecule has 192 valence electrons. The molecule has 0 bridgehead atoms. The first-order chi connectivity index (χ1) is 17.4. The van der Waals surface area contributed by atoms with Crippen molar-refractivity contribution in [2.24, 2.45) is 0 Å². The third kappa shape index (κ3) is 9.05. The number of nitrogens with zero attached hydrogens (tertiary/aromatic N) is 2. The van der Waals surface area contributed by atoms with Gasteiger partial charge < -0.3 is 25.2 Å². The Morgan fingerprint density at radius 3 is 2.36 bits per heavy atom. The second-order valence-electron chi connectivity index (χ2n) is 8.81. The van der Waals surface area contributed by atoms with Crippen LogP contribution in [0.15, 0.2) is 54.6 Å². The van der Waals surface area contributed by atoms with Gasteiger partial charge in [-0.2, -0.15) is 0 Å². The van der Waals surface area contributed by atoms with Crippen LogP contribution in [0.2, 0.25) is 0 Å². The molecule has 36 heavy (non-hydrogen) atoms. The number of carbonyl (C=O) groups excluding carboxylic acids is 3. The summed E-state index contributed by atoms with van der Waals surface area (Å²) in [6, 6.07) is 17.1. The SMILES string of the molecule is CN1CCN(C(=O)c2ccccc2NC(=S)NC(=O)CCCC(=O)OCCCc2ccccc2)CC1. The zero-order chi connectivity index (χ0) is 25.8. The van der Waals surface area contributed by atoms with Gasteiger partial charge in [-0.1, -0.05) is 42.5 Å². The van der Waals surface area contributed by atoms with Gasteiger partial charge in [0.25, 0.3) is 5.91 Å². The predicted molar refractivity (Wildman–Crippen MR) is 144 cm³/mol. The molecule has 0 saturated carbocycles. The summed E-state index contributed by atoms with van der Waals surface area (Å²) in [6.07, 6.45) is 2.29. The zero-order valence-corrected chi connectivity index (χ0v) is 21.5. The van der Waals surface area contributed by atoms with E-state index in [1.165, 1.54) is 5.56 Å². The van der Waals surface area contributed by atoms with Gasteiger partial charge in [-0.25, -0.2) is 0 Å². The fourth-order valence-corrected chi connectivity index (χ4v) is 4.10. The Kier molecular flexibility index (Phi) is 10.8. The molecule has 2 aromatic rings. The van der Waals surface area contributed by atoms with E-state index >= 15 is 0 Å². The van der Waals surface area contributed by atoms with Crippen LogP contribution in [0.5, 0.6) is 0 Å². The second-order valence-corrected chi connectivity index (χ2v) is 9.21. The molecule has 8 nitrogen and oxygen atoms in total. The Morgan fingerprint density at radius 1 is 0.917 bits per heavy atom. The van der Waals surface area contributed by atoms with Crippen LogP contribution in [-0.4, -0.2) is 72.5 Å². The lowest BCUT2D eigenvalue weighted by molar-refractivity contribution is -0.143. The van der Waals surface area contributed by atoms with Gasteiger partial charge in [-0.3, -0.25) is 14.4 Å². The van der Waals surface area contributed by atoms with Gasteiger partial charge in [0.05, 0.1) is 17.9 Å². The van der Waals surface area contributed by atoms with Crippen LogP contribution in [0.3, 0.4) is 0 Å². The van der Waals surface area contributed by atoms with Gasteiger partial charge in [-0.05, 0) is 56.2 Å². The summed E-state index contributed by atoms with van der Waals surface area (Å²) in [5.74, 6) is -0.678. The molecule has 2 amide bonds. The lowest BCUT2D eigenvalue weighted by Crippen LogP contribution is -2.47. The number of likely N-dealkylation sites (N-methyl/N-ethyl adjacent to an activating group) is 1. The molecule has 0 aliphatic carbocycles. The monoisotopic (exact) mass is 510 g/mol. The molecule has 3 rings (SSSR count). The summed E-state index contributed by atoms with van der Waals surface area (Å²) in [5, 5.41) is 5.70. The smallest absolute Gasteiger partial charge is 0.305 e. The molecule has 0 aromatic heterocycles. The number of hydrogen-bond donors (Lipinski definition) is 2. The van der Waals surface area contributed by atoms with Crippen molar-refractivity contribution in [1.82, 2.24) is 15.1 Å². The number of esters is 1.